The molecule has 8 heteroatoms. The highest BCUT2D eigenvalue weighted by molar-refractivity contribution is 7.18. The highest BCUT2D eigenvalue weighted by Crippen LogP contribution is 2.30. The Morgan fingerprint density at radius 3 is 2.84 bits per heavy atom. The zero-order chi connectivity index (χ0) is 22.2. The van der Waals surface area contributed by atoms with E-state index in [1.165, 1.54) is 18.3 Å². The number of benzene rings is 1. The predicted molar refractivity (Wildman–Crippen MR) is 121 cm³/mol. The lowest BCUT2D eigenvalue weighted by Crippen LogP contribution is -2.36. The normalized spacial score (nSPS) is 15.4. The molecule has 0 aliphatic carbocycles. The van der Waals surface area contributed by atoms with Gasteiger partial charge in [0.05, 0.1) is 23.1 Å². The van der Waals surface area contributed by atoms with E-state index in [2.05, 4.69) is 11.9 Å². The summed E-state index contributed by atoms with van der Waals surface area (Å²) in [5.74, 6) is 0.972. The van der Waals surface area contributed by atoms with Crippen molar-refractivity contribution in [2.45, 2.75) is 32.4 Å². The molecule has 31 heavy (non-hydrogen) atoms. The Balaban J connectivity index is 1.80. The second kappa shape index (κ2) is 11.0. The number of carbonyl (C=O) groups is 2. The minimum atomic E-state index is -0.164. The molecule has 1 fully saturated rings. The van der Waals surface area contributed by atoms with Crippen LogP contribution in [0.1, 0.15) is 35.0 Å². The minimum Gasteiger partial charge on any atom is -0.493 e. The Kier molecular flexibility index (Phi) is 8.08. The van der Waals surface area contributed by atoms with Gasteiger partial charge in [-0.05, 0) is 42.7 Å². The van der Waals surface area contributed by atoms with Crippen LogP contribution in [0.3, 0.4) is 0 Å². The number of nitrogens with one attached hydrogen (secondary N) is 1. The summed E-state index contributed by atoms with van der Waals surface area (Å²) >= 11 is 1.27. The number of amides is 2. The van der Waals surface area contributed by atoms with E-state index in [4.69, 9.17) is 14.2 Å². The molecular formula is C23H28N2O5S. The largest absolute Gasteiger partial charge is 0.493 e. The Hall–Kier alpha value is -2.84. The average molecular weight is 445 g/mol. The van der Waals surface area contributed by atoms with Gasteiger partial charge >= 0.3 is 0 Å². The monoisotopic (exact) mass is 444 g/mol. The molecule has 2 aromatic rings. The highest BCUT2D eigenvalue weighted by atomic mass is 32.1. The molecule has 2 amide bonds. The van der Waals surface area contributed by atoms with Crippen LogP contribution in [-0.4, -0.2) is 49.7 Å². The Morgan fingerprint density at radius 2 is 2.16 bits per heavy atom. The third kappa shape index (κ3) is 6.32. The van der Waals surface area contributed by atoms with E-state index >= 15 is 0 Å². The number of hydrogen-bond donors (Lipinski definition) is 1. The molecule has 0 bridgehead atoms. The van der Waals surface area contributed by atoms with Crippen LogP contribution < -0.4 is 14.8 Å². The Bertz CT molecular complexity index is 920. The van der Waals surface area contributed by atoms with Gasteiger partial charge in [0, 0.05) is 26.6 Å². The lowest BCUT2D eigenvalue weighted by atomic mass is 10.1. The third-order valence-electron chi connectivity index (χ3n) is 4.81. The molecule has 166 valence electrons. The summed E-state index contributed by atoms with van der Waals surface area (Å²) in [6.07, 6.45) is 3.63. The number of rotatable bonds is 10. The van der Waals surface area contributed by atoms with Crippen LogP contribution in [0.5, 0.6) is 11.5 Å². The van der Waals surface area contributed by atoms with Gasteiger partial charge in [-0.15, -0.1) is 11.3 Å². The summed E-state index contributed by atoms with van der Waals surface area (Å²) in [5, 5.41) is 3.38. The molecule has 1 N–H and O–H groups in total. The zero-order valence-corrected chi connectivity index (χ0v) is 18.7. The molecule has 0 saturated carbocycles. The maximum atomic E-state index is 13.3. The van der Waals surface area contributed by atoms with Crippen molar-refractivity contribution in [1.82, 2.24) is 4.90 Å². The van der Waals surface area contributed by atoms with Gasteiger partial charge < -0.3 is 24.4 Å². The summed E-state index contributed by atoms with van der Waals surface area (Å²) in [4.78, 5) is 27.0. The molecule has 1 aliphatic rings. The van der Waals surface area contributed by atoms with E-state index in [9.17, 15) is 9.59 Å². The van der Waals surface area contributed by atoms with Gasteiger partial charge in [-0.1, -0.05) is 18.7 Å². The van der Waals surface area contributed by atoms with Crippen LogP contribution in [0.15, 0.2) is 43.0 Å². The van der Waals surface area contributed by atoms with Gasteiger partial charge in [0.1, 0.15) is 6.61 Å². The van der Waals surface area contributed by atoms with Crippen LogP contribution in [-0.2, 0) is 16.1 Å². The van der Waals surface area contributed by atoms with Crippen molar-refractivity contribution in [3.05, 3.63) is 53.4 Å². The van der Waals surface area contributed by atoms with Crippen LogP contribution in [0.4, 0.5) is 5.00 Å². The molecule has 1 atom stereocenters. The first-order valence-electron chi connectivity index (χ1n) is 10.2. The van der Waals surface area contributed by atoms with Crippen LogP contribution in [0.2, 0.25) is 0 Å². The fourth-order valence-corrected chi connectivity index (χ4v) is 4.32. The van der Waals surface area contributed by atoms with Crippen molar-refractivity contribution in [1.29, 1.82) is 0 Å². The second-order valence-electron chi connectivity index (χ2n) is 7.25. The van der Waals surface area contributed by atoms with Crippen molar-refractivity contribution in [2.75, 3.05) is 32.2 Å². The Labute approximate surface area is 186 Å². The molecule has 2 heterocycles. The maximum absolute atomic E-state index is 13.3. The molecule has 0 unspecified atom stereocenters. The van der Waals surface area contributed by atoms with Gasteiger partial charge in [0.25, 0.3) is 5.91 Å². The first kappa shape index (κ1) is 22.8. The van der Waals surface area contributed by atoms with E-state index in [0.29, 0.717) is 41.1 Å². The summed E-state index contributed by atoms with van der Waals surface area (Å²) in [7, 11) is 1.59. The number of anilines is 1. The van der Waals surface area contributed by atoms with E-state index in [0.717, 1.165) is 25.0 Å². The average Bonchev–Trinajstić information content (AvgIpc) is 3.43. The molecule has 1 saturated heterocycles. The van der Waals surface area contributed by atoms with E-state index in [1.807, 2.05) is 18.2 Å². The van der Waals surface area contributed by atoms with Gasteiger partial charge in [0.15, 0.2) is 11.5 Å². The summed E-state index contributed by atoms with van der Waals surface area (Å²) in [5.41, 5.74) is 0.924. The molecule has 1 aromatic carbocycles. The lowest BCUT2D eigenvalue weighted by molar-refractivity contribution is -0.114. The second-order valence-corrected chi connectivity index (χ2v) is 8.33. The maximum Gasteiger partial charge on any atom is 0.264 e. The number of nitrogens with zero attached hydrogens (tertiary/aromatic N) is 1. The number of ether oxygens (including phenoxy) is 3. The molecule has 3 rings (SSSR count). The first-order chi connectivity index (χ1) is 15.0. The molecule has 7 nitrogen and oxygen atoms in total. The molecule has 0 radical (unpaired) electrons. The quantitative estimate of drug-likeness (QED) is 0.558. The fraction of sp³-hybridized carbons (Fsp3) is 0.391. The topological polar surface area (TPSA) is 77.1 Å². The van der Waals surface area contributed by atoms with E-state index in [-0.39, 0.29) is 17.9 Å². The summed E-state index contributed by atoms with van der Waals surface area (Å²) < 4.78 is 16.8. The predicted octanol–water partition coefficient (Wildman–Crippen LogP) is 4.10. The summed E-state index contributed by atoms with van der Waals surface area (Å²) in [6, 6.07) is 9.14. The molecule has 0 spiro atoms. The van der Waals surface area contributed by atoms with Gasteiger partial charge in [-0.25, -0.2) is 0 Å². The SMILES string of the molecule is C=CCOc1ccc(CN(C[C@@H]2CCCO2)C(=O)c2ccc(NC(C)=O)s2)cc1OC. The van der Waals surface area contributed by atoms with Crippen molar-refractivity contribution in [3.8, 4) is 11.5 Å². The molecule has 1 aliphatic heterocycles. The number of methoxy groups -OCH3 is 1. The number of thiophene rings is 1. The first-order valence-corrected chi connectivity index (χ1v) is 11.0. The lowest BCUT2D eigenvalue weighted by Gasteiger charge is -2.25. The van der Waals surface area contributed by atoms with E-state index < -0.39 is 0 Å². The van der Waals surface area contributed by atoms with Crippen LogP contribution in [0, 0.1) is 0 Å². The number of carbonyl (C=O) groups excluding carboxylic acids is 2. The molecule has 1 aromatic heterocycles. The fourth-order valence-electron chi connectivity index (χ4n) is 3.40. The Morgan fingerprint density at radius 1 is 1.32 bits per heavy atom. The molecular weight excluding hydrogens is 416 g/mol. The third-order valence-corrected chi connectivity index (χ3v) is 5.80. The zero-order valence-electron chi connectivity index (χ0n) is 17.9. The van der Waals surface area contributed by atoms with Crippen LogP contribution in [0.25, 0.3) is 0 Å². The van der Waals surface area contributed by atoms with Crippen LogP contribution >= 0.6 is 11.3 Å². The highest BCUT2D eigenvalue weighted by Gasteiger charge is 2.25. The van der Waals surface area contributed by atoms with Gasteiger partial charge in [-0.3, -0.25) is 9.59 Å². The van der Waals surface area contributed by atoms with Crippen molar-refractivity contribution < 1.29 is 23.8 Å². The van der Waals surface area contributed by atoms with E-state index in [1.54, 1.807) is 30.2 Å². The number of hydrogen-bond acceptors (Lipinski definition) is 6. The van der Waals surface area contributed by atoms with Gasteiger partial charge in [0.2, 0.25) is 5.91 Å². The van der Waals surface area contributed by atoms with Gasteiger partial charge in [-0.2, -0.15) is 0 Å². The standard InChI is InChI=1S/C23H28N2O5S/c1-4-11-30-19-8-7-17(13-20(19)28-3)14-25(15-18-6-5-12-29-18)23(27)21-9-10-22(31-21)24-16(2)26/h4,7-10,13,18H,1,5-6,11-12,14-15H2,2-3H3,(H,24,26)/t18-/m0/s1. The van der Waals surface area contributed by atoms with Crippen molar-refractivity contribution in [2.24, 2.45) is 0 Å². The minimum absolute atomic E-state index is 0.0239. The van der Waals surface area contributed by atoms with Crippen molar-refractivity contribution in [3.63, 3.8) is 0 Å². The smallest absolute Gasteiger partial charge is 0.264 e. The van der Waals surface area contributed by atoms with Crippen molar-refractivity contribution >= 4 is 28.2 Å². The summed E-state index contributed by atoms with van der Waals surface area (Å²) in [6.45, 7) is 7.12.